The van der Waals surface area contributed by atoms with Gasteiger partial charge in [0.05, 0.1) is 0 Å². The molecule has 1 aliphatic rings. The van der Waals surface area contributed by atoms with Crippen LogP contribution < -0.4 is 15.0 Å². The van der Waals surface area contributed by atoms with E-state index in [2.05, 4.69) is 55.3 Å². The highest BCUT2D eigenvalue weighted by Gasteiger charge is 2.18. The zero-order valence-corrected chi connectivity index (χ0v) is 17.3. The molecule has 1 aliphatic heterocycles. The molecule has 3 rings (SSSR count). The van der Waals surface area contributed by atoms with Crippen molar-refractivity contribution < 1.29 is 9.53 Å². The number of hydrogen-bond acceptors (Lipinski definition) is 3. The molecule has 1 N–H and O–H groups in total. The molecule has 4 heteroatoms. The van der Waals surface area contributed by atoms with E-state index in [1.165, 1.54) is 30.5 Å². The molecule has 1 amide bonds. The van der Waals surface area contributed by atoms with Crippen LogP contribution in [-0.4, -0.2) is 25.1 Å². The van der Waals surface area contributed by atoms with Crippen LogP contribution in [-0.2, 0) is 4.79 Å². The van der Waals surface area contributed by atoms with Gasteiger partial charge in [-0.05, 0) is 80.5 Å². The van der Waals surface area contributed by atoms with Crippen molar-refractivity contribution in [3.63, 3.8) is 0 Å². The Morgan fingerprint density at radius 3 is 2.50 bits per heavy atom. The Hall–Kier alpha value is -2.49. The Balaban J connectivity index is 1.49. The SMILES string of the molecule is CC[C@@H](C)c1ccc(OCC(=O)Nc2ccc(N3CCCC[C@H]3C)cc2)cc1. The highest BCUT2D eigenvalue weighted by molar-refractivity contribution is 5.92. The average Bonchev–Trinajstić information content (AvgIpc) is 2.73. The fourth-order valence-electron chi connectivity index (χ4n) is 3.69. The molecule has 0 unspecified atom stereocenters. The van der Waals surface area contributed by atoms with Crippen LogP contribution in [0.4, 0.5) is 11.4 Å². The minimum absolute atomic E-state index is 0.00753. The second-order valence-electron chi connectivity index (χ2n) is 7.80. The van der Waals surface area contributed by atoms with E-state index in [9.17, 15) is 4.79 Å². The molecule has 0 bridgehead atoms. The fourth-order valence-corrected chi connectivity index (χ4v) is 3.69. The van der Waals surface area contributed by atoms with Crippen LogP contribution in [0.3, 0.4) is 0 Å². The van der Waals surface area contributed by atoms with Crippen molar-refractivity contribution >= 4 is 17.3 Å². The van der Waals surface area contributed by atoms with Gasteiger partial charge in [0.2, 0.25) is 0 Å². The van der Waals surface area contributed by atoms with E-state index in [0.717, 1.165) is 24.4 Å². The van der Waals surface area contributed by atoms with Crippen LogP contribution in [0.15, 0.2) is 48.5 Å². The zero-order valence-electron chi connectivity index (χ0n) is 17.3. The summed E-state index contributed by atoms with van der Waals surface area (Å²) in [6.45, 7) is 7.78. The Kier molecular flexibility index (Phi) is 6.96. The lowest BCUT2D eigenvalue weighted by Gasteiger charge is -2.35. The summed E-state index contributed by atoms with van der Waals surface area (Å²) in [7, 11) is 0. The summed E-state index contributed by atoms with van der Waals surface area (Å²) in [4.78, 5) is 14.6. The van der Waals surface area contributed by atoms with E-state index in [1.54, 1.807) is 0 Å². The predicted octanol–water partition coefficient (Wildman–Crippen LogP) is 5.60. The number of anilines is 2. The Morgan fingerprint density at radius 2 is 1.86 bits per heavy atom. The summed E-state index contributed by atoms with van der Waals surface area (Å²) < 4.78 is 5.62. The largest absolute Gasteiger partial charge is 0.484 e. The molecule has 0 radical (unpaired) electrons. The molecular weight excluding hydrogens is 348 g/mol. The van der Waals surface area contributed by atoms with Gasteiger partial charge in [-0.3, -0.25) is 4.79 Å². The quantitative estimate of drug-likeness (QED) is 0.680. The van der Waals surface area contributed by atoms with Gasteiger partial charge in [0.15, 0.2) is 6.61 Å². The molecular formula is C24H32N2O2. The first-order valence-electron chi connectivity index (χ1n) is 10.5. The molecule has 2 aromatic rings. The van der Waals surface area contributed by atoms with Crippen LogP contribution in [0.2, 0.25) is 0 Å². The summed E-state index contributed by atoms with van der Waals surface area (Å²) in [6, 6.07) is 16.7. The minimum Gasteiger partial charge on any atom is -0.484 e. The van der Waals surface area contributed by atoms with Crippen LogP contribution in [0, 0.1) is 0 Å². The molecule has 0 aliphatic carbocycles. The summed E-state index contributed by atoms with van der Waals surface area (Å²) in [5, 5.41) is 2.91. The molecule has 1 heterocycles. The summed E-state index contributed by atoms with van der Waals surface area (Å²) in [5.41, 5.74) is 3.32. The van der Waals surface area contributed by atoms with Gasteiger partial charge in [-0.2, -0.15) is 0 Å². The fraction of sp³-hybridized carbons (Fsp3) is 0.458. The van der Waals surface area contributed by atoms with Crippen molar-refractivity contribution in [2.24, 2.45) is 0 Å². The molecule has 0 spiro atoms. The van der Waals surface area contributed by atoms with Gasteiger partial charge in [0.25, 0.3) is 5.91 Å². The van der Waals surface area contributed by atoms with Crippen molar-refractivity contribution in [3.8, 4) is 5.75 Å². The smallest absolute Gasteiger partial charge is 0.262 e. The summed E-state index contributed by atoms with van der Waals surface area (Å²) in [5.74, 6) is 1.11. The monoisotopic (exact) mass is 380 g/mol. The Morgan fingerprint density at radius 1 is 1.14 bits per heavy atom. The number of rotatable bonds is 7. The second-order valence-corrected chi connectivity index (χ2v) is 7.80. The van der Waals surface area contributed by atoms with E-state index >= 15 is 0 Å². The van der Waals surface area contributed by atoms with Gasteiger partial charge in [0, 0.05) is 24.0 Å². The first-order chi connectivity index (χ1) is 13.6. The van der Waals surface area contributed by atoms with E-state index in [0.29, 0.717) is 12.0 Å². The van der Waals surface area contributed by atoms with E-state index in [4.69, 9.17) is 4.74 Å². The van der Waals surface area contributed by atoms with Crippen molar-refractivity contribution in [1.82, 2.24) is 0 Å². The third-order valence-electron chi connectivity index (χ3n) is 5.72. The number of ether oxygens (including phenoxy) is 1. The number of amides is 1. The van der Waals surface area contributed by atoms with Gasteiger partial charge in [-0.25, -0.2) is 0 Å². The predicted molar refractivity (Wildman–Crippen MR) is 116 cm³/mol. The lowest BCUT2D eigenvalue weighted by Crippen LogP contribution is -2.37. The van der Waals surface area contributed by atoms with E-state index in [1.807, 2.05) is 24.3 Å². The molecule has 1 fully saturated rings. The number of benzene rings is 2. The maximum absolute atomic E-state index is 12.2. The standard InChI is InChI=1S/C24H32N2O2/c1-4-18(2)20-8-14-23(15-9-20)28-17-24(27)25-21-10-12-22(13-11-21)26-16-6-5-7-19(26)3/h8-15,18-19H,4-7,16-17H2,1-3H3,(H,25,27)/t18-,19-/m1/s1. The normalized spacial score (nSPS) is 17.8. The number of piperidine rings is 1. The molecule has 0 aromatic heterocycles. The van der Waals surface area contributed by atoms with Gasteiger partial charge in [-0.15, -0.1) is 0 Å². The number of hydrogen-bond donors (Lipinski definition) is 1. The summed E-state index contributed by atoms with van der Waals surface area (Å²) >= 11 is 0. The van der Waals surface area contributed by atoms with Gasteiger partial charge >= 0.3 is 0 Å². The molecule has 0 saturated carbocycles. The average molecular weight is 381 g/mol. The maximum atomic E-state index is 12.2. The lowest BCUT2D eigenvalue weighted by atomic mass is 9.99. The molecule has 28 heavy (non-hydrogen) atoms. The lowest BCUT2D eigenvalue weighted by molar-refractivity contribution is -0.118. The Bertz CT molecular complexity index is 755. The first kappa shape index (κ1) is 20.2. The second kappa shape index (κ2) is 9.63. The number of carbonyl (C=O) groups is 1. The zero-order chi connectivity index (χ0) is 19.9. The molecule has 4 nitrogen and oxygen atoms in total. The minimum atomic E-state index is -0.148. The number of nitrogens with one attached hydrogen (secondary N) is 1. The van der Waals surface area contributed by atoms with Gasteiger partial charge in [0.1, 0.15) is 5.75 Å². The van der Waals surface area contributed by atoms with E-state index in [-0.39, 0.29) is 12.5 Å². The highest BCUT2D eigenvalue weighted by Crippen LogP contribution is 2.26. The highest BCUT2D eigenvalue weighted by atomic mass is 16.5. The maximum Gasteiger partial charge on any atom is 0.262 e. The molecule has 2 aromatic carbocycles. The molecule has 150 valence electrons. The Labute approximate surface area is 168 Å². The van der Waals surface area contributed by atoms with Crippen LogP contribution in [0.5, 0.6) is 5.75 Å². The van der Waals surface area contributed by atoms with E-state index < -0.39 is 0 Å². The van der Waals surface area contributed by atoms with Crippen molar-refractivity contribution in [2.45, 2.75) is 58.4 Å². The first-order valence-corrected chi connectivity index (χ1v) is 10.5. The van der Waals surface area contributed by atoms with Crippen molar-refractivity contribution in [1.29, 1.82) is 0 Å². The van der Waals surface area contributed by atoms with Crippen LogP contribution in [0.25, 0.3) is 0 Å². The molecule has 2 atom stereocenters. The third kappa shape index (κ3) is 5.28. The summed E-state index contributed by atoms with van der Waals surface area (Å²) in [6.07, 6.45) is 4.91. The van der Waals surface area contributed by atoms with Gasteiger partial charge < -0.3 is 15.0 Å². The number of carbonyl (C=O) groups excluding carboxylic acids is 1. The topological polar surface area (TPSA) is 41.6 Å². The van der Waals surface area contributed by atoms with Crippen LogP contribution >= 0.6 is 0 Å². The van der Waals surface area contributed by atoms with Crippen molar-refractivity contribution in [3.05, 3.63) is 54.1 Å². The molecule has 1 saturated heterocycles. The number of nitrogens with zero attached hydrogens (tertiary/aromatic N) is 1. The third-order valence-corrected chi connectivity index (χ3v) is 5.72. The van der Waals surface area contributed by atoms with Crippen molar-refractivity contribution in [2.75, 3.05) is 23.4 Å². The van der Waals surface area contributed by atoms with Gasteiger partial charge in [-0.1, -0.05) is 26.0 Å². The van der Waals surface area contributed by atoms with Crippen LogP contribution in [0.1, 0.15) is 57.9 Å².